The largest absolute Gasteiger partial charge is 0.481 e. The van der Waals surface area contributed by atoms with E-state index in [1.165, 1.54) is 0 Å². The van der Waals surface area contributed by atoms with Gasteiger partial charge in [0.05, 0.1) is 13.7 Å². The van der Waals surface area contributed by atoms with Crippen LogP contribution in [0.15, 0.2) is 23.3 Å². The Morgan fingerprint density at radius 1 is 1.42 bits per heavy atom. The van der Waals surface area contributed by atoms with Gasteiger partial charge in [-0.15, -0.1) is 0 Å². The van der Waals surface area contributed by atoms with E-state index < -0.39 is 0 Å². The van der Waals surface area contributed by atoms with Gasteiger partial charge in [-0.2, -0.15) is 4.99 Å². The smallest absolute Gasteiger partial charge is 0.346 e. The van der Waals surface area contributed by atoms with Crippen molar-refractivity contribution in [1.82, 2.24) is 9.88 Å². The highest BCUT2D eigenvalue weighted by molar-refractivity contribution is 6.03. The van der Waals surface area contributed by atoms with Gasteiger partial charge in [0.15, 0.2) is 0 Å². The van der Waals surface area contributed by atoms with E-state index in [9.17, 15) is 4.79 Å². The van der Waals surface area contributed by atoms with Crippen LogP contribution in [0, 0.1) is 0 Å². The van der Waals surface area contributed by atoms with Gasteiger partial charge < -0.3 is 20.1 Å². The molecular formula is C12H16N4O3. The van der Waals surface area contributed by atoms with Crippen LogP contribution >= 0.6 is 0 Å². The number of carbonyl (C=O) groups is 1. The first-order valence-electron chi connectivity index (χ1n) is 5.81. The van der Waals surface area contributed by atoms with Crippen LogP contribution in [-0.2, 0) is 4.74 Å². The van der Waals surface area contributed by atoms with Crippen molar-refractivity contribution in [3.63, 3.8) is 0 Å². The maximum atomic E-state index is 11.8. The fourth-order valence-electron chi connectivity index (χ4n) is 1.95. The third kappa shape index (κ3) is 2.65. The number of hydrogen-bond acceptors (Lipinski definition) is 5. The topological polar surface area (TPSA) is 90.0 Å². The van der Waals surface area contributed by atoms with Crippen molar-refractivity contribution < 1.29 is 14.3 Å². The van der Waals surface area contributed by atoms with Gasteiger partial charge in [-0.3, -0.25) is 0 Å². The van der Waals surface area contributed by atoms with Crippen molar-refractivity contribution in [1.29, 1.82) is 0 Å². The van der Waals surface area contributed by atoms with Gasteiger partial charge in [-0.25, -0.2) is 9.78 Å². The molecule has 0 spiro atoms. The third-order valence-corrected chi connectivity index (χ3v) is 2.88. The Hall–Kier alpha value is -2.15. The predicted molar refractivity (Wildman–Crippen MR) is 69.1 cm³/mol. The second-order valence-corrected chi connectivity index (χ2v) is 4.04. The molecule has 2 rings (SSSR count). The molecule has 1 aromatic rings. The Morgan fingerprint density at radius 2 is 2.21 bits per heavy atom. The number of methoxy groups -OCH3 is 2. The number of pyridine rings is 1. The summed E-state index contributed by atoms with van der Waals surface area (Å²) >= 11 is 0. The average Bonchev–Trinajstić information content (AvgIpc) is 2.71. The molecule has 2 heterocycles. The molecule has 19 heavy (non-hydrogen) atoms. The number of hydrogen-bond donors (Lipinski definition) is 1. The average molecular weight is 264 g/mol. The Kier molecular flexibility index (Phi) is 3.96. The van der Waals surface area contributed by atoms with E-state index in [-0.39, 0.29) is 17.9 Å². The van der Waals surface area contributed by atoms with Crippen molar-refractivity contribution in [3.05, 3.63) is 23.9 Å². The highest BCUT2D eigenvalue weighted by Gasteiger charge is 2.34. The molecule has 1 aliphatic heterocycles. The minimum Gasteiger partial charge on any atom is -0.481 e. The molecule has 2 amide bonds. The first-order chi connectivity index (χ1) is 9.17. The van der Waals surface area contributed by atoms with Gasteiger partial charge in [0, 0.05) is 31.5 Å². The van der Waals surface area contributed by atoms with Crippen LogP contribution in [0.4, 0.5) is 4.79 Å². The van der Waals surface area contributed by atoms with Crippen LogP contribution in [0.1, 0.15) is 11.6 Å². The quantitative estimate of drug-likeness (QED) is 0.839. The summed E-state index contributed by atoms with van der Waals surface area (Å²) in [5.74, 6) is 0.778. The van der Waals surface area contributed by atoms with Crippen LogP contribution in [-0.4, -0.2) is 49.1 Å². The highest BCUT2D eigenvalue weighted by Crippen LogP contribution is 2.26. The summed E-state index contributed by atoms with van der Waals surface area (Å²) in [6.45, 7) is 0.852. The maximum absolute atomic E-state index is 11.8. The number of nitrogens with zero attached hydrogens (tertiary/aromatic N) is 3. The second-order valence-electron chi connectivity index (χ2n) is 4.04. The van der Waals surface area contributed by atoms with Crippen molar-refractivity contribution in [2.75, 3.05) is 27.4 Å². The molecule has 1 unspecified atom stereocenters. The van der Waals surface area contributed by atoms with Crippen LogP contribution in [0.5, 0.6) is 5.88 Å². The Labute approximate surface area is 111 Å². The van der Waals surface area contributed by atoms with E-state index in [1.54, 1.807) is 31.4 Å². The highest BCUT2D eigenvalue weighted by atomic mass is 16.5. The summed E-state index contributed by atoms with van der Waals surface area (Å²) < 4.78 is 9.99. The van der Waals surface area contributed by atoms with Gasteiger partial charge in [-0.1, -0.05) is 0 Å². The lowest BCUT2D eigenvalue weighted by atomic mass is 10.1. The normalized spacial score (nSPS) is 18.6. The van der Waals surface area contributed by atoms with Crippen LogP contribution in [0.25, 0.3) is 0 Å². The molecule has 1 aliphatic rings. The standard InChI is InChI=1S/C12H16N4O3/c1-18-6-5-16-10(11(13)15-12(16)17)8-3-4-9(19-2)14-7-8/h3-4,7,10H,5-6H2,1-2H3,(H2,13,15,17). The lowest BCUT2D eigenvalue weighted by Gasteiger charge is -2.23. The van der Waals surface area contributed by atoms with Gasteiger partial charge in [-0.05, 0) is 6.07 Å². The molecule has 102 valence electrons. The zero-order valence-electron chi connectivity index (χ0n) is 10.9. The number of urea groups is 1. The van der Waals surface area contributed by atoms with E-state index in [4.69, 9.17) is 15.2 Å². The molecule has 2 N–H and O–H groups in total. The first kappa shape index (κ1) is 13.3. The monoisotopic (exact) mass is 264 g/mol. The number of rotatable bonds is 5. The zero-order chi connectivity index (χ0) is 13.8. The van der Waals surface area contributed by atoms with Gasteiger partial charge in [0.1, 0.15) is 11.9 Å². The summed E-state index contributed by atoms with van der Waals surface area (Å²) in [4.78, 5) is 21.2. The molecule has 7 nitrogen and oxygen atoms in total. The number of carbonyl (C=O) groups excluding carboxylic acids is 1. The summed E-state index contributed by atoms with van der Waals surface area (Å²) in [5, 5.41) is 0. The van der Waals surface area contributed by atoms with E-state index in [0.717, 1.165) is 5.56 Å². The summed E-state index contributed by atoms with van der Waals surface area (Å²) in [5.41, 5.74) is 6.62. The molecular weight excluding hydrogens is 248 g/mol. The van der Waals surface area contributed by atoms with Crippen molar-refractivity contribution in [2.24, 2.45) is 10.7 Å². The molecule has 0 bridgehead atoms. The first-order valence-corrected chi connectivity index (χ1v) is 5.81. The molecule has 0 radical (unpaired) electrons. The van der Waals surface area contributed by atoms with Gasteiger partial charge in [0.25, 0.3) is 0 Å². The van der Waals surface area contributed by atoms with Gasteiger partial charge >= 0.3 is 6.03 Å². The lowest BCUT2D eigenvalue weighted by Crippen LogP contribution is -2.35. The molecule has 0 saturated heterocycles. The molecule has 1 aromatic heterocycles. The number of nitrogens with two attached hydrogens (primary N) is 1. The van der Waals surface area contributed by atoms with Crippen molar-refractivity contribution >= 4 is 11.9 Å². The third-order valence-electron chi connectivity index (χ3n) is 2.88. The fourth-order valence-corrected chi connectivity index (χ4v) is 1.95. The molecule has 0 saturated carbocycles. The van der Waals surface area contributed by atoms with Gasteiger partial charge in [0.2, 0.25) is 5.88 Å². The maximum Gasteiger partial charge on any atom is 0.346 e. The van der Waals surface area contributed by atoms with E-state index in [1.807, 2.05) is 6.07 Å². The van der Waals surface area contributed by atoms with E-state index >= 15 is 0 Å². The minimum absolute atomic E-state index is 0.271. The van der Waals surface area contributed by atoms with Crippen LogP contribution in [0.2, 0.25) is 0 Å². The minimum atomic E-state index is -0.388. The lowest BCUT2D eigenvalue weighted by molar-refractivity contribution is 0.150. The number of amidine groups is 1. The Morgan fingerprint density at radius 3 is 2.79 bits per heavy atom. The zero-order valence-corrected chi connectivity index (χ0v) is 10.9. The van der Waals surface area contributed by atoms with Crippen molar-refractivity contribution in [2.45, 2.75) is 6.04 Å². The molecule has 0 aromatic carbocycles. The molecule has 0 aliphatic carbocycles. The Bertz CT molecular complexity index is 486. The molecule has 0 fully saturated rings. The number of ether oxygens (including phenoxy) is 2. The van der Waals surface area contributed by atoms with E-state index in [0.29, 0.717) is 19.0 Å². The summed E-state index contributed by atoms with van der Waals surface area (Å²) in [6, 6.07) is 2.80. The summed E-state index contributed by atoms with van der Waals surface area (Å²) in [6.07, 6.45) is 1.63. The fraction of sp³-hybridized carbons (Fsp3) is 0.417. The molecule has 7 heteroatoms. The van der Waals surface area contributed by atoms with Crippen molar-refractivity contribution in [3.8, 4) is 5.88 Å². The molecule has 1 atom stereocenters. The second kappa shape index (κ2) is 5.66. The number of aliphatic imine (C=N–C) groups is 1. The number of aromatic nitrogens is 1. The number of amides is 2. The van der Waals surface area contributed by atoms with E-state index in [2.05, 4.69) is 9.98 Å². The SMILES string of the molecule is COCCN1C(=O)N=C(N)C1c1ccc(OC)nc1. The van der Waals surface area contributed by atoms with Crippen LogP contribution < -0.4 is 10.5 Å². The van der Waals surface area contributed by atoms with Crippen LogP contribution in [0.3, 0.4) is 0 Å². The predicted octanol–water partition coefficient (Wildman–Crippen LogP) is 0.570. The summed E-state index contributed by atoms with van der Waals surface area (Å²) in [7, 11) is 3.12. The Balaban J connectivity index is 2.23.